The summed E-state index contributed by atoms with van der Waals surface area (Å²) in [5, 5.41) is 8.76. The summed E-state index contributed by atoms with van der Waals surface area (Å²) >= 11 is 3.33. The topological polar surface area (TPSA) is 50.1 Å². The van der Waals surface area contributed by atoms with Crippen molar-refractivity contribution < 1.29 is 9.53 Å². The minimum Gasteiger partial charge on any atom is -0.426 e. The van der Waals surface area contributed by atoms with Crippen LogP contribution in [0.15, 0.2) is 53.0 Å². The molecule has 0 radical (unpaired) electrons. The van der Waals surface area contributed by atoms with Crippen LogP contribution in [0, 0.1) is 11.3 Å². The number of esters is 1. The maximum absolute atomic E-state index is 11.7. The average molecular weight is 316 g/mol. The second kappa shape index (κ2) is 6.17. The smallest absolute Gasteiger partial charge is 0.315 e. The first-order valence-electron chi connectivity index (χ1n) is 5.62. The molecule has 0 bridgehead atoms. The summed E-state index contributed by atoms with van der Waals surface area (Å²) in [6.45, 7) is 0. The van der Waals surface area contributed by atoms with Gasteiger partial charge in [0.1, 0.15) is 5.75 Å². The number of carbonyl (C=O) groups is 1. The summed E-state index contributed by atoms with van der Waals surface area (Å²) in [6, 6.07) is 16.0. The molecule has 0 spiro atoms. The molecule has 0 aromatic heterocycles. The Balaban J connectivity index is 2.01. The Kier molecular flexibility index (Phi) is 4.32. The van der Waals surface area contributed by atoms with Gasteiger partial charge < -0.3 is 4.74 Å². The fourth-order valence-corrected chi connectivity index (χ4v) is 1.83. The monoisotopic (exact) mass is 315 g/mol. The second-order valence-corrected chi connectivity index (χ2v) is 4.83. The molecule has 0 amide bonds. The van der Waals surface area contributed by atoms with Crippen molar-refractivity contribution in [2.24, 2.45) is 0 Å². The molecule has 2 rings (SSSR count). The average Bonchev–Trinajstić information content (AvgIpc) is 2.41. The third-order valence-corrected chi connectivity index (χ3v) is 2.99. The van der Waals surface area contributed by atoms with Gasteiger partial charge in [0.2, 0.25) is 0 Å². The number of halogens is 1. The van der Waals surface area contributed by atoms with Crippen LogP contribution in [-0.2, 0) is 11.2 Å². The van der Waals surface area contributed by atoms with E-state index < -0.39 is 0 Å². The van der Waals surface area contributed by atoms with Gasteiger partial charge in [0.25, 0.3) is 0 Å². The molecule has 19 heavy (non-hydrogen) atoms. The fourth-order valence-electron chi connectivity index (χ4n) is 1.57. The Morgan fingerprint density at radius 1 is 1.21 bits per heavy atom. The fraction of sp³-hybridized carbons (Fsp3) is 0.0667. The lowest BCUT2D eigenvalue weighted by Gasteiger charge is -2.04. The van der Waals surface area contributed by atoms with Crippen molar-refractivity contribution in [3.8, 4) is 11.8 Å². The molecule has 0 saturated heterocycles. The Hall–Kier alpha value is -2.12. The van der Waals surface area contributed by atoms with Crippen molar-refractivity contribution >= 4 is 21.9 Å². The standard InChI is InChI=1S/C15H10BrNO2/c16-13-6-4-11(5-7-13)9-15(18)19-14-3-1-2-12(8-14)10-17/h1-8H,9H2. The van der Waals surface area contributed by atoms with Crippen molar-refractivity contribution in [2.45, 2.75) is 6.42 Å². The molecule has 4 heteroatoms. The SMILES string of the molecule is N#Cc1cccc(OC(=O)Cc2ccc(Br)cc2)c1. The summed E-state index contributed by atoms with van der Waals surface area (Å²) < 4.78 is 6.15. The summed E-state index contributed by atoms with van der Waals surface area (Å²) in [4.78, 5) is 11.7. The van der Waals surface area contributed by atoms with E-state index in [0.29, 0.717) is 11.3 Å². The third-order valence-electron chi connectivity index (χ3n) is 2.46. The summed E-state index contributed by atoms with van der Waals surface area (Å²) in [7, 11) is 0. The number of ether oxygens (including phenoxy) is 1. The second-order valence-electron chi connectivity index (χ2n) is 3.92. The molecule has 0 fully saturated rings. The number of nitriles is 1. The Morgan fingerprint density at radius 2 is 1.95 bits per heavy atom. The maximum atomic E-state index is 11.7. The van der Waals surface area contributed by atoms with Gasteiger partial charge in [-0.05, 0) is 35.9 Å². The number of nitrogens with zero attached hydrogens (tertiary/aromatic N) is 1. The molecule has 3 nitrogen and oxygen atoms in total. The van der Waals surface area contributed by atoms with Gasteiger partial charge in [0, 0.05) is 4.47 Å². The normalized spacial score (nSPS) is 9.68. The van der Waals surface area contributed by atoms with Crippen LogP contribution in [0.4, 0.5) is 0 Å². The van der Waals surface area contributed by atoms with Crippen molar-refractivity contribution in [2.75, 3.05) is 0 Å². The molecule has 0 saturated carbocycles. The first kappa shape index (κ1) is 13.3. The van der Waals surface area contributed by atoms with Gasteiger partial charge >= 0.3 is 5.97 Å². The molecule has 0 aliphatic heterocycles. The van der Waals surface area contributed by atoms with Gasteiger partial charge in [0.05, 0.1) is 18.1 Å². The molecule has 0 unspecified atom stereocenters. The lowest BCUT2D eigenvalue weighted by molar-refractivity contribution is -0.133. The zero-order chi connectivity index (χ0) is 13.7. The molecule has 2 aromatic carbocycles. The first-order valence-corrected chi connectivity index (χ1v) is 6.42. The molecule has 0 aliphatic rings. The predicted molar refractivity (Wildman–Crippen MR) is 74.6 cm³/mol. The number of hydrogen-bond donors (Lipinski definition) is 0. The molecule has 2 aromatic rings. The Morgan fingerprint density at radius 3 is 2.63 bits per heavy atom. The highest BCUT2D eigenvalue weighted by atomic mass is 79.9. The highest BCUT2D eigenvalue weighted by molar-refractivity contribution is 9.10. The lowest BCUT2D eigenvalue weighted by Crippen LogP contribution is -2.11. The third kappa shape index (κ3) is 3.94. The number of benzene rings is 2. The molecule has 0 N–H and O–H groups in total. The summed E-state index contributed by atoms with van der Waals surface area (Å²) in [6.07, 6.45) is 0.198. The van der Waals surface area contributed by atoms with Crippen LogP contribution in [0.3, 0.4) is 0 Å². The number of carbonyl (C=O) groups excluding carboxylic acids is 1. The van der Waals surface area contributed by atoms with Gasteiger partial charge in [-0.3, -0.25) is 4.79 Å². The molecule has 0 heterocycles. The predicted octanol–water partition coefficient (Wildman–Crippen LogP) is 3.47. The van der Waals surface area contributed by atoms with Crippen LogP contribution < -0.4 is 4.74 Å². The zero-order valence-corrected chi connectivity index (χ0v) is 11.6. The Labute approximate surface area is 119 Å². The van der Waals surface area contributed by atoms with E-state index in [0.717, 1.165) is 10.0 Å². The highest BCUT2D eigenvalue weighted by Gasteiger charge is 2.07. The van der Waals surface area contributed by atoms with Crippen LogP contribution in [-0.4, -0.2) is 5.97 Å². The van der Waals surface area contributed by atoms with E-state index in [9.17, 15) is 4.79 Å². The van der Waals surface area contributed by atoms with E-state index in [4.69, 9.17) is 10.00 Å². The highest BCUT2D eigenvalue weighted by Crippen LogP contribution is 2.15. The first-order chi connectivity index (χ1) is 9.17. The van der Waals surface area contributed by atoms with Crippen LogP contribution in [0.25, 0.3) is 0 Å². The van der Waals surface area contributed by atoms with Gasteiger partial charge in [0.15, 0.2) is 0 Å². The molecule has 0 aliphatic carbocycles. The van der Waals surface area contributed by atoms with Crippen LogP contribution >= 0.6 is 15.9 Å². The minimum absolute atomic E-state index is 0.198. The van der Waals surface area contributed by atoms with Crippen molar-refractivity contribution in [1.82, 2.24) is 0 Å². The van der Waals surface area contributed by atoms with Gasteiger partial charge in [-0.1, -0.05) is 34.1 Å². The van der Waals surface area contributed by atoms with Gasteiger partial charge in [-0.2, -0.15) is 5.26 Å². The minimum atomic E-state index is -0.350. The number of rotatable bonds is 3. The van der Waals surface area contributed by atoms with Crippen LogP contribution in [0.1, 0.15) is 11.1 Å². The van der Waals surface area contributed by atoms with Crippen molar-refractivity contribution in [3.63, 3.8) is 0 Å². The molecule has 94 valence electrons. The van der Waals surface area contributed by atoms with E-state index in [2.05, 4.69) is 15.9 Å². The zero-order valence-electron chi connectivity index (χ0n) is 9.97. The molecule has 0 atom stereocenters. The lowest BCUT2D eigenvalue weighted by atomic mass is 10.1. The summed E-state index contributed by atoms with van der Waals surface area (Å²) in [5.74, 6) is 0.0403. The molecular formula is C15H10BrNO2. The quantitative estimate of drug-likeness (QED) is 0.643. The van der Waals surface area contributed by atoms with E-state index in [1.54, 1.807) is 24.3 Å². The Bertz CT molecular complexity index is 629. The van der Waals surface area contributed by atoms with E-state index in [-0.39, 0.29) is 12.4 Å². The van der Waals surface area contributed by atoms with Gasteiger partial charge in [-0.15, -0.1) is 0 Å². The van der Waals surface area contributed by atoms with E-state index in [1.165, 1.54) is 0 Å². The largest absolute Gasteiger partial charge is 0.426 e. The van der Waals surface area contributed by atoms with E-state index in [1.807, 2.05) is 30.3 Å². The maximum Gasteiger partial charge on any atom is 0.315 e. The van der Waals surface area contributed by atoms with Gasteiger partial charge in [-0.25, -0.2) is 0 Å². The molecular weight excluding hydrogens is 306 g/mol. The van der Waals surface area contributed by atoms with E-state index >= 15 is 0 Å². The summed E-state index contributed by atoms with van der Waals surface area (Å²) in [5.41, 5.74) is 1.35. The van der Waals surface area contributed by atoms with Crippen LogP contribution in [0.2, 0.25) is 0 Å². The van der Waals surface area contributed by atoms with Crippen LogP contribution in [0.5, 0.6) is 5.75 Å². The van der Waals surface area contributed by atoms with Crippen molar-refractivity contribution in [1.29, 1.82) is 5.26 Å². The van der Waals surface area contributed by atoms with Crippen molar-refractivity contribution in [3.05, 3.63) is 64.1 Å². The number of hydrogen-bond acceptors (Lipinski definition) is 3.